The van der Waals surface area contributed by atoms with Gasteiger partial charge in [-0.2, -0.15) is 0 Å². The Kier molecular flexibility index (Phi) is 1.49. The summed E-state index contributed by atoms with van der Waals surface area (Å²) in [5, 5.41) is 0. The number of halogens is 1. The molecule has 58 valence electrons. The molecule has 0 atom stereocenters. The molecule has 1 aromatic rings. The summed E-state index contributed by atoms with van der Waals surface area (Å²) in [6.45, 7) is 0.716. The van der Waals surface area contributed by atoms with E-state index < -0.39 is 0 Å². The minimum Gasteiger partial charge on any atom is -0.458 e. The third-order valence-electron chi connectivity index (χ3n) is 1.69. The van der Waals surface area contributed by atoms with Crippen LogP contribution >= 0.6 is 15.9 Å². The highest BCUT2D eigenvalue weighted by Gasteiger charge is 2.17. The smallest absolute Gasteiger partial charge is 0.326 e. The van der Waals surface area contributed by atoms with Crippen molar-refractivity contribution in [2.24, 2.45) is 0 Å². The van der Waals surface area contributed by atoms with E-state index in [0.717, 1.165) is 10.3 Å². The van der Waals surface area contributed by atoms with Gasteiger partial charge in [-0.3, -0.25) is 4.79 Å². The number of ether oxygens (including phenoxy) is 1. The molecular weight excluding hydrogens is 210 g/mol. The van der Waals surface area contributed by atoms with Gasteiger partial charge < -0.3 is 9.30 Å². The summed E-state index contributed by atoms with van der Waals surface area (Å²) in [6.07, 6.45) is 0. The van der Waals surface area contributed by atoms with Gasteiger partial charge in [0.2, 0.25) is 0 Å². The maximum absolute atomic E-state index is 10.8. The third-order valence-corrected chi connectivity index (χ3v) is 2.38. The van der Waals surface area contributed by atoms with Gasteiger partial charge in [-0.05, 0) is 28.1 Å². The number of hydrogen-bond donors (Lipinski definition) is 0. The van der Waals surface area contributed by atoms with Gasteiger partial charge in [0.1, 0.15) is 13.2 Å². The van der Waals surface area contributed by atoms with Crippen LogP contribution in [0.5, 0.6) is 0 Å². The summed E-state index contributed by atoms with van der Waals surface area (Å²) in [4.78, 5) is 10.8. The van der Waals surface area contributed by atoms with Crippen LogP contribution in [0.2, 0.25) is 0 Å². The normalized spacial score (nSPS) is 15.9. The molecule has 0 saturated heterocycles. The van der Waals surface area contributed by atoms with Gasteiger partial charge in [0.05, 0.1) is 10.3 Å². The molecule has 4 heteroatoms. The Balaban J connectivity index is 2.45. The Morgan fingerprint density at radius 2 is 2.36 bits per heavy atom. The summed E-state index contributed by atoms with van der Waals surface area (Å²) in [6, 6.07) is 3.85. The van der Waals surface area contributed by atoms with Gasteiger partial charge in [-0.1, -0.05) is 0 Å². The fourth-order valence-electron chi connectivity index (χ4n) is 1.11. The molecule has 2 rings (SSSR count). The number of carbonyl (C=O) groups is 1. The molecular formula is C7H6BrNO2. The number of esters is 1. The zero-order valence-corrected chi connectivity index (χ0v) is 7.30. The zero-order valence-electron chi connectivity index (χ0n) is 5.71. The fourth-order valence-corrected chi connectivity index (χ4v) is 1.60. The Morgan fingerprint density at radius 3 is 3.18 bits per heavy atom. The number of nitrogens with zero attached hydrogens (tertiary/aromatic N) is 1. The second-order valence-corrected chi connectivity index (χ2v) is 3.21. The van der Waals surface area contributed by atoms with E-state index in [1.807, 2.05) is 16.7 Å². The largest absolute Gasteiger partial charge is 0.458 e. The monoisotopic (exact) mass is 215 g/mol. The predicted octanol–water partition coefficient (Wildman–Crippen LogP) is 1.31. The summed E-state index contributed by atoms with van der Waals surface area (Å²) >= 11 is 3.33. The van der Waals surface area contributed by atoms with E-state index in [9.17, 15) is 4.79 Å². The second-order valence-electron chi connectivity index (χ2n) is 2.39. The van der Waals surface area contributed by atoms with Crippen molar-refractivity contribution >= 4 is 21.9 Å². The van der Waals surface area contributed by atoms with Gasteiger partial charge in [0, 0.05) is 0 Å². The lowest BCUT2D eigenvalue weighted by molar-refractivity contribution is -0.148. The number of fused-ring (bicyclic) bond motifs is 1. The number of carbonyl (C=O) groups excluding carboxylic acids is 1. The summed E-state index contributed by atoms with van der Waals surface area (Å²) in [5.41, 5.74) is 1.04. The second kappa shape index (κ2) is 2.37. The topological polar surface area (TPSA) is 31.2 Å². The molecule has 11 heavy (non-hydrogen) atoms. The molecule has 0 bridgehead atoms. The molecule has 0 unspecified atom stereocenters. The van der Waals surface area contributed by atoms with Crippen LogP contribution in [0.3, 0.4) is 0 Å². The molecule has 1 aliphatic heterocycles. The van der Waals surface area contributed by atoms with E-state index in [-0.39, 0.29) is 5.97 Å². The number of hydrogen-bond acceptors (Lipinski definition) is 2. The van der Waals surface area contributed by atoms with Crippen molar-refractivity contribution in [1.82, 2.24) is 4.57 Å². The van der Waals surface area contributed by atoms with Crippen molar-refractivity contribution in [3.8, 4) is 0 Å². The Bertz CT molecular complexity index is 305. The first kappa shape index (κ1) is 6.91. The van der Waals surface area contributed by atoms with Crippen LogP contribution in [-0.4, -0.2) is 10.5 Å². The van der Waals surface area contributed by atoms with E-state index in [0.29, 0.717) is 13.2 Å². The molecule has 0 N–H and O–H groups in total. The van der Waals surface area contributed by atoms with E-state index >= 15 is 0 Å². The van der Waals surface area contributed by atoms with Gasteiger partial charge >= 0.3 is 5.97 Å². The maximum atomic E-state index is 10.8. The number of rotatable bonds is 0. The molecule has 3 nitrogen and oxygen atoms in total. The fraction of sp³-hybridized carbons (Fsp3) is 0.286. The minimum absolute atomic E-state index is 0.172. The minimum atomic E-state index is -0.172. The van der Waals surface area contributed by atoms with Crippen molar-refractivity contribution in [3.05, 3.63) is 22.4 Å². The van der Waals surface area contributed by atoms with Crippen LogP contribution < -0.4 is 0 Å². The third kappa shape index (κ3) is 1.07. The molecule has 0 radical (unpaired) electrons. The van der Waals surface area contributed by atoms with Crippen LogP contribution in [0.15, 0.2) is 16.7 Å². The van der Waals surface area contributed by atoms with Gasteiger partial charge in [-0.15, -0.1) is 0 Å². The molecule has 0 spiro atoms. The summed E-state index contributed by atoms with van der Waals surface area (Å²) in [5.74, 6) is -0.172. The molecule has 1 aliphatic rings. The molecule has 0 aliphatic carbocycles. The van der Waals surface area contributed by atoms with Crippen LogP contribution in [0.25, 0.3) is 0 Å². The van der Waals surface area contributed by atoms with E-state index in [2.05, 4.69) is 15.9 Å². The number of aromatic nitrogens is 1. The van der Waals surface area contributed by atoms with Crippen molar-refractivity contribution in [3.63, 3.8) is 0 Å². The predicted molar refractivity (Wildman–Crippen MR) is 41.9 cm³/mol. The zero-order chi connectivity index (χ0) is 7.84. The molecule has 0 amide bonds. The van der Waals surface area contributed by atoms with Crippen molar-refractivity contribution in [2.45, 2.75) is 13.2 Å². The number of cyclic esters (lactones) is 1. The van der Waals surface area contributed by atoms with E-state index in [1.165, 1.54) is 0 Å². The lowest BCUT2D eigenvalue weighted by Crippen LogP contribution is -2.21. The summed E-state index contributed by atoms with van der Waals surface area (Å²) in [7, 11) is 0. The van der Waals surface area contributed by atoms with Crippen LogP contribution in [0.4, 0.5) is 0 Å². The van der Waals surface area contributed by atoms with Crippen LogP contribution in [-0.2, 0) is 22.7 Å². The molecule has 0 fully saturated rings. The first-order valence-corrected chi connectivity index (χ1v) is 4.06. The molecule has 0 aromatic carbocycles. The Labute approximate surface area is 72.1 Å². The molecule has 0 saturated carbocycles. The standard InChI is InChI=1S/C7H6BrNO2/c8-6-2-1-5-4-11-7(10)3-9(5)6/h1-2H,3-4H2. The molecule has 2 heterocycles. The quantitative estimate of drug-likeness (QED) is 0.612. The van der Waals surface area contributed by atoms with Crippen LogP contribution in [0, 0.1) is 0 Å². The average Bonchev–Trinajstić information content (AvgIpc) is 2.33. The van der Waals surface area contributed by atoms with E-state index in [1.54, 1.807) is 0 Å². The van der Waals surface area contributed by atoms with E-state index in [4.69, 9.17) is 4.74 Å². The first-order valence-electron chi connectivity index (χ1n) is 3.27. The Hall–Kier alpha value is -0.770. The summed E-state index contributed by atoms with van der Waals surface area (Å²) < 4.78 is 7.67. The highest BCUT2D eigenvalue weighted by molar-refractivity contribution is 9.10. The van der Waals surface area contributed by atoms with Crippen molar-refractivity contribution < 1.29 is 9.53 Å². The average molecular weight is 216 g/mol. The highest BCUT2D eigenvalue weighted by atomic mass is 79.9. The SMILES string of the molecule is O=C1Cn2c(Br)ccc2CO1. The van der Waals surface area contributed by atoms with Crippen molar-refractivity contribution in [1.29, 1.82) is 0 Å². The lowest BCUT2D eigenvalue weighted by Gasteiger charge is -2.15. The van der Waals surface area contributed by atoms with Crippen molar-refractivity contribution in [2.75, 3.05) is 0 Å². The van der Waals surface area contributed by atoms with Crippen LogP contribution in [0.1, 0.15) is 5.69 Å². The first-order chi connectivity index (χ1) is 5.27. The Morgan fingerprint density at radius 1 is 1.55 bits per heavy atom. The molecule has 1 aromatic heterocycles. The highest BCUT2D eigenvalue weighted by Crippen LogP contribution is 2.19. The van der Waals surface area contributed by atoms with Gasteiger partial charge in [0.15, 0.2) is 0 Å². The van der Waals surface area contributed by atoms with Gasteiger partial charge in [0.25, 0.3) is 0 Å². The van der Waals surface area contributed by atoms with Gasteiger partial charge in [-0.25, -0.2) is 0 Å². The maximum Gasteiger partial charge on any atom is 0.326 e. The lowest BCUT2D eigenvalue weighted by atomic mass is 10.4.